The van der Waals surface area contributed by atoms with Crippen molar-refractivity contribution in [1.29, 1.82) is 0 Å². The van der Waals surface area contributed by atoms with Crippen molar-refractivity contribution in [2.75, 3.05) is 6.61 Å². The number of carbonyl (C=O) groups is 2. The largest absolute Gasteiger partial charge is 0.368 e. The monoisotopic (exact) mass is 275 g/mol. The molecule has 102 valence electrons. The molecule has 0 unspecified atom stereocenters. The number of rotatable bonds is 5. The maximum atomic E-state index is 13.3. The molecule has 0 aliphatic rings. The lowest BCUT2D eigenvalue weighted by molar-refractivity contribution is -0.387. The predicted octanol–water partition coefficient (Wildman–Crippen LogP) is 0.0197. The normalized spacial score (nSPS) is 10.0. The Hall–Kier alpha value is -2.62. The number of hydrogen-bond acceptors (Lipinski definition) is 5. The molecule has 0 heterocycles. The van der Waals surface area contributed by atoms with Crippen molar-refractivity contribution in [2.45, 2.75) is 0 Å². The van der Waals surface area contributed by atoms with Crippen molar-refractivity contribution in [3.8, 4) is 0 Å². The van der Waals surface area contributed by atoms with Crippen molar-refractivity contribution < 1.29 is 28.1 Å². The van der Waals surface area contributed by atoms with Crippen LogP contribution in [0.4, 0.5) is 14.5 Å². The number of hydroxylamine groups is 1. The maximum Gasteiger partial charge on any atom is 0.307 e. The molecular formula is C9H7F2N3O5. The number of benzene rings is 1. The number of nitro benzene ring substituents is 1. The molecule has 0 spiro atoms. The average molecular weight is 275 g/mol. The van der Waals surface area contributed by atoms with E-state index in [9.17, 15) is 28.5 Å². The van der Waals surface area contributed by atoms with E-state index in [0.717, 1.165) is 0 Å². The van der Waals surface area contributed by atoms with Gasteiger partial charge in [-0.15, -0.1) is 0 Å². The molecule has 19 heavy (non-hydrogen) atoms. The Bertz CT molecular complexity index is 549. The van der Waals surface area contributed by atoms with E-state index in [0.29, 0.717) is 6.07 Å². The van der Waals surface area contributed by atoms with Gasteiger partial charge < -0.3 is 5.73 Å². The third-order valence-electron chi connectivity index (χ3n) is 1.86. The number of amides is 2. The molecular weight excluding hydrogens is 268 g/mol. The van der Waals surface area contributed by atoms with E-state index in [1.807, 2.05) is 0 Å². The van der Waals surface area contributed by atoms with Crippen molar-refractivity contribution >= 4 is 17.5 Å². The van der Waals surface area contributed by atoms with Crippen LogP contribution in [0.3, 0.4) is 0 Å². The lowest BCUT2D eigenvalue weighted by Gasteiger charge is -2.05. The number of hydrogen-bond donors (Lipinski definition) is 2. The standard InChI is InChI=1S/C9H7F2N3O5/c10-5-2-7(14(17)18)6(11)1-4(5)9(16)13-19-3-8(12)15/h1-2H,3H2,(H2,12,15)(H,13,16). The van der Waals surface area contributed by atoms with Gasteiger partial charge in [0.05, 0.1) is 16.6 Å². The van der Waals surface area contributed by atoms with Gasteiger partial charge in [0.15, 0.2) is 6.61 Å². The van der Waals surface area contributed by atoms with Crippen LogP contribution in [0.15, 0.2) is 12.1 Å². The summed E-state index contributed by atoms with van der Waals surface area (Å²) in [4.78, 5) is 35.1. The smallest absolute Gasteiger partial charge is 0.307 e. The molecule has 0 fully saturated rings. The van der Waals surface area contributed by atoms with Gasteiger partial charge in [-0.25, -0.2) is 9.87 Å². The van der Waals surface area contributed by atoms with Gasteiger partial charge in [0, 0.05) is 0 Å². The maximum absolute atomic E-state index is 13.3. The molecule has 10 heteroatoms. The van der Waals surface area contributed by atoms with Crippen molar-refractivity contribution in [3.05, 3.63) is 39.4 Å². The minimum atomic E-state index is -1.38. The van der Waals surface area contributed by atoms with Crippen molar-refractivity contribution in [3.63, 3.8) is 0 Å². The molecule has 0 saturated heterocycles. The molecule has 0 aliphatic heterocycles. The topological polar surface area (TPSA) is 125 Å². The summed E-state index contributed by atoms with van der Waals surface area (Å²) in [6.45, 7) is -0.664. The van der Waals surface area contributed by atoms with Crippen LogP contribution in [-0.4, -0.2) is 23.3 Å². The second kappa shape index (κ2) is 5.82. The van der Waals surface area contributed by atoms with E-state index in [4.69, 9.17) is 5.73 Å². The number of halogens is 2. The number of primary amides is 1. The van der Waals surface area contributed by atoms with Crippen LogP contribution in [-0.2, 0) is 9.63 Å². The summed E-state index contributed by atoms with van der Waals surface area (Å²) in [6.07, 6.45) is 0. The average Bonchev–Trinajstić information content (AvgIpc) is 2.30. The molecule has 1 rings (SSSR count). The van der Waals surface area contributed by atoms with Gasteiger partial charge in [0.1, 0.15) is 5.82 Å². The molecule has 0 aromatic heterocycles. The molecule has 0 aliphatic carbocycles. The van der Waals surface area contributed by atoms with Crippen LogP contribution in [0.25, 0.3) is 0 Å². The van der Waals surface area contributed by atoms with Crippen LogP contribution in [0.1, 0.15) is 10.4 Å². The second-order valence-electron chi connectivity index (χ2n) is 3.23. The Morgan fingerprint density at radius 2 is 2.00 bits per heavy atom. The van der Waals surface area contributed by atoms with Crippen LogP contribution >= 0.6 is 0 Å². The van der Waals surface area contributed by atoms with E-state index < -0.39 is 46.2 Å². The Kier molecular flexibility index (Phi) is 4.42. The Balaban J connectivity index is 2.89. The molecule has 3 N–H and O–H groups in total. The second-order valence-corrected chi connectivity index (χ2v) is 3.23. The summed E-state index contributed by atoms with van der Waals surface area (Å²) in [5, 5.41) is 10.3. The highest BCUT2D eigenvalue weighted by Gasteiger charge is 2.22. The quantitative estimate of drug-likeness (QED) is 0.579. The van der Waals surface area contributed by atoms with Crippen molar-refractivity contribution in [1.82, 2.24) is 5.48 Å². The van der Waals surface area contributed by atoms with Gasteiger partial charge >= 0.3 is 5.69 Å². The zero-order valence-electron chi connectivity index (χ0n) is 9.18. The fourth-order valence-corrected chi connectivity index (χ4v) is 1.08. The number of nitrogens with one attached hydrogen (secondary N) is 1. The first-order valence-electron chi connectivity index (χ1n) is 4.66. The van der Waals surface area contributed by atoms with E-state index in [1.54, 1.807) is 5.48 Å². The summed E-state index contributed by atoms with van der Waals surface area (Å²) in [6, 6.07) is 0.606. The third-order valence-corrected chi connectivity index (χ3v) is 1.86. The fourth-order valence-electron chi connectivity index (χ4n) is 1.08. The Morgan fingerprint density at radius 3 is 2.53 bits per heavy atom. The Labute approximate surface area is 104 Å². The minimum Gasteiger partial charge on any atom is -0.368 e. The minimum absolute atomic E-state index is 0.262. The van der Waals surface area contributed by atoms with E-state index in [2.05, 4.69) is 4.84 Å². The molecule has 0 radical (unpaired) electrons. The van der Waals surface area contributed by atoms with Gasteiger partial charge in [-0.2, -0.15) is 4.39 Å². The fraction of sp³-hybridized carbons (Fsp3) is 0.111. The molecule has 0 bridgehead atoms. The summed E-state index contributed by atoms with van der Waals surface area (Å²) in [5.74, 6) is -4.80. The van der Waals surface area contributed by atoms with E-state index in [-0.39, 0.29) is 6.07 Å². The molecule has 0 atom stereocenters. The summed E-state index contributed by atoms with van der Waals surface area (Å²) >= 11 is 0. The van der Waals surface area contributed by atoms with Crippen LogP contribution in [0.2, 0.25) is 0 Å². The highest BCUT2D eigenvalue weighted by molar-refractivity contribution is 5.94. The predicted molar refractivity (Wildman–Crippen MR) is 55.6 cm³/mol. The van der Waals surface area contributed by atoms with Gasteiger partial charge in [-0.05, 0) is 6.07 Å². The van der Waals surface area contributed by atoms with E-state index in [1.165, 1.54) is 0 Å². The van der Waals surface area contributed by atoms with Crippen LogP contribution < -0.4 is 11.2 Å². The van der Waals surface area contributed by atoms with Crippen LogP contribution in [0.5, 0.6) is 0 Å². The first-order chi connectivity index (χ1) is 8.82. The molecule has 1 aromatic rings. The lowest BCUT2D eigenvalue weighted by Crippen LogP contribution is -2.30. The molecule has 1 aromatic carbocycles. The summed E-state index contributed by atoms with van der Waals surface area (Å²) in [5.41, 5.74) is 4.41. The molecule has 2 amide bonds. The number of nitro groups is 1. The van der Waals surface area contributed by atoms with Gasteiger partial charge in [-0.3, -0.25) is 24.5 Å². The first kappa shape index (κ1) is 14.4. The highest BCUT2D eigenvalue weighted by Crippen LogP contribution is 2.21. The zero-order valence-corrected chi connectivity index (χ0v) is 9.18. The Morgan fingerprint density at radius 1 is 1.37 bits per heavy atom. The van der Waals surface area contributed by atoms with E-state index >= 15 is 0 Å². The summed E-state index contributed by atoms with van der Waals surface area (Å²) < 4.78 is 26.5. The zero-order chi connectivity index (χ0) is 14.6. The van der Waals surface area contributed by atoms with Crippen LogP contribution in [0, 0.1) is 21.7 Å². The highest BCUT2D eigenvalue weighted by atomic mass is 19.1. The van der Waals surface area contributed by atoms with Crippen molar-refractivity contribution in [2.24, 2.45) is 5.73 Å². The number of nitrogens with zero attached hydrogens (tertiary/aromatic N) is 1. The number of nitrogens with two attached hydrogens (primary N) is 1. The molecule has 8 nitrogen and oxygen atoms in total. The van der Waals surface area contributed by atoms with Gasteiger partial charge in [0.2, 0.25) is 11.7 Å². The third kappa shape index (κ3) is 3.67. The number of carbonyl (C=O) groups excluding carboxylic acids is 2. The lowest BCUT2D eigenvalue weighted by atomic mass is 10.1. The van der Waals surface area contributed by atoms with Gasteiger partial charge in [0.25, 0.3) is 5.91 Å². The summed E-state index contributed by atoms with van der Waals surface area (Å²) in [7, 11) is 0. The van der Waals surface area contributed by atoms with Gasteiger partial charge in [-0.1, -0.05) is 0 Å². The molecule has 0 saturated carbocycles. The first-order valence-corrected chi connectivity index (χ1v) is 4.66. The SMILES string of the molecule is NC(=O)CONC(=O)c1cc(F)c([N+](=O)[O-])cc1F.